The van der Waals surface area contributed by atoms with Crippen molar-refractivity contribution in [1.29, 1.82) is 0 Å². The molecule has 1 aliphatic heterocycles. The molecule has 1 aromatic heterocycles. The molecule has 186 valence electrons. The molecule has 0 radical (unpaired) electrons. The third kappa shape index (κ3) is 6.06. The van der Waals surface area contributed by atoms with Gasteiger partial charge < -0.3 is 25.4 Å². The number of methoxy groups -OCH3 is 2. The zero-order valence-corrected chi connectivity index (χ0v) is 19.1. The van der Waals surface area contributed by atoms with Gasteiger partial charge in [-0.15, -0.1) is 0 Å². The van der Waals surface area contributed by atoms with E-state index in [1.54, 1.807) is 18.2 Å². The highest BCUT2D eigenvalue weighted by Crippen LogP contribution is 2.30. The number of benzene rings is 1. The molecule has 2 aromatic rings. The van der Waals surface area contributed by atoms with Gasteiger partial charge in [0.2, 0.25) is 5.91 Å². The molecule has 12 heteroatoms. The maximum Gasteiger partial charge on any atom is 0.405 e. The van der Waals surface area contributed by atoms with Crippen molar-refractivity contribution < 1.29 is 32.2 Å². The second-order valence-electron chi connectivity index (χ2n) is 7.63. The maximum atomic E-state index is 13.0. The molecular formula is C23H24F3N5O4. The molecule has 2 heterocycles. The Balaban J connectivity index is 2.07. The number of rotatable bonds is 7. The summed E-state index contributed by atoms with van der Waals surface area (Å²) in [5, 5.41) is 6.56. The summed E-state index contributed by atoms with van der Waals surface area (Å²) in [4.78, 5) is 25.8. The maximum absolute atomic E-state index is 13.0. The van der Waals surface area contributed by atoms with Gasteiger partial charge in [0.15, 0.2) is 5.69 Å². The molecule has 0 saturated carbocycles. The largest absolute Gasteiger partial charge is 0.497 e. The predicted molar refractivity (Wildman–Crippen MR) is 121 cm³/mol. The topological polar surface area (TPSA) is 112 Å². The van der Waals surface area contributed by atoms with Crippen molar-refractivity contribution in [3.05, 3.63) is 47.7 Å². The number of aromatic nitrogens is 2. The smallest absolute Gasteiger partial charge is 0.405 e. The van der Waals surface area contributed by atoms with Crippen LogP contribution in [0, 0.1) is 11.8 Å². The number of carbonyl (C=O) groups excluding carboxylic acids is 2. The fourth-order valence-corrected chi connectivity index (χ4v) is 3.65. The van der Waals surface area contributed by atoms with E-state index in [0.717, 1.165) is 6.08 Å². The lowest BCUT2D eigenvalue weighted by Crippen LogP contribution is -2.28. The van der Waals surface area contributed by atoms with Crippen molar-refractivity contribution in [2.24, 2.45) is 5.73 Å². The molecule has 1 aliphatic rings. The van der Waals surface area contributed by atoms with Gasteiger partial charge in [0, 0.05) is 24.7 Å². The van der Waals surface area contributed by atoms with Gasteiger partial charge in [-0.2, -0.15) is 18.3 Å². The molecule has 3 N–H and O–H groups in total. The average molecular weight is 491 g/mol. The normalized spacial score (nSPS) is 15.2. The fourth-order valence-electron chi connectivity index (χ4n) is 3.65. The molecule has 3 rings (SSSR count). The van der Waals surface area contributed by atoms with E-state index in [-0.39, 0.29) is 29.5 Å². The Kier molecular flexibility index (Phi) is 7.58. The van der Waals surface area contributed by atoms with Crippen LogP contribution in [0.25, 0.3) is 0 Å². The number of ether oxygens (including phenoxy) is 2. The number of hydrogen-bond acceptors (Lipinski definition) is 6. The summed E-state index contributed by atoms with van der Waals surface area (Å²) in [6.07, 6.45) is -3.00. The van der Waals surface area contributed by atoms with E-state index in [1.165, 1.54) is 23.8 Å². The van der Waals surface area contributed by atoms with Gasteiger partial charge in [-0.25, -0.2) is 4.68 Å². The average Bonchev–Trinajstić information content (AvgIpc) is 3.45. The molecule has 1 unspecified atom stereocenters. The molecule has 0 bridgehead atoms. The van der Waals surface area contributed by atoms with Crippen LogP contribution in [0.4, 0.5) is 19.0 Å². The van der Waals surface area contributed by atoms with Crippen molar-refractivity contribution in [3.8, 4) is 23.3 Å². The second kappa shape index (κ2) is 10.4. The number of anilines is 1. The molecule has 0 aliphatic carbocycles. The van der Waals surface area contributed by atoms with Crippen LogP contribution in [0.1, 0.15) is 34.1 Å². The van der Waals surface area contributed by atoms with E-state index in [9.17, 15) is 22.8 Å². The first-order chi connectivity index (χ1) is 16.6. The zero-order valence-electron chi connectivity index (χ0n) is 19.1. The Morgan fingerprint density at radius 2 is 1.91 bits per heavy atom. The van der Waals surface area contributed by atoms with E-state index in [1.807, 2.05) is 0 Å². The summed E-state index contributed by atoms with van der Waals surface area (Å²) in [7, 11) is 2.94. The number of carbonyl (C=O) groups is 2. The highest BCUT2D eigenvalue weighted by molar-refractivity contribution is 6.00. The Morgan fingerprint density at radius 1 is 1.26 bits per heavy atom. The third-order valence-corrected chi connectivity index (χ3v) is 5.29. The summed E-state index contributed by atoms with van der Waals surface area (Å²) >= 11 is 0. The molecule has 1 fully saturated rings. The number of halogens is 3. The number of nitrogens with zero attached hydrogens (tertiary/aromatic N) is 3. The first-order valence-electron chi connectivity index (χ1n) is 10.5. The van der Waals surface area contributed by atoms with Crippen LogP contribution in [0.3, 0.4) is 0 Å². The van der Waals surface area contributed by atoms with E-state index in [0.29, 0.717) is 30.0 Å². The summed E-state index contributed by atoms with van der Waals surface area (Å²) in [6.45, 7) is 2.56. The molecule has 1 aromatic carbocycles. The van der Waals surface area contributed by atoms with Crippen molar-refractivity contribution in [1.82, 2.24) is 14.7 Å². The fraction of sp³-hybridized carbons (Fsp3) is 0.348. The van der Waals surface area contributed by atoms with Gasteiger partial charge in [-0.3, -0.25) is 9.59 Å². The number of amides is 2. The van der Waals surface area contributed by atoms with Crippen molar-refractivity contribution in [3.63, 3.8) is 0 Å². The van der Waals surface area contributed by atoms with Gasteiger partial charge in [0.05, 0.1) is 20.3 Å². The van der Waals surface area contributed by atoms with Crippen LogP contribution >= 0.6 is 0 Å². The summed E-state index contributed by atoms with van der Waals surface area (Å²) in [6, 6.07) is 4.38. The molecule has 9 nitrogen and oxygen atoms in total. The van der Waals surface area contributed by atoms with Crippen molar-refractivity contribution in [2.45, 2.75) is 18.6 Å². The number of primary amides is 1. The molecule has 35 heavy (non-hydrogen) atoms. The second-order valence-corrected chi connectivity index (χ2v) is 7.63. The van der Waals surface area contributed by atoms with Gasteiger partial charge in [0.25, 0.3) is 5.91 Å². The lowest BCUT2D eigenvalue weighted by atomic mass is 10.1. The molecule has 1 saturated heterocycles. The molecule has 0 spiro atoms. The summed E-state index contributed by atoms with van der Waals surface area (Å²) < 4.78 is 50.6. The van der Waals surface area contributed by atoms with Gasteiger partial charge in [-0.05, 0) is 30.6 Å². The van der Waals surface area contributed by atoms with E-state index >= 15 is 0 Å². The van der Waals surface area contributed by atoms with Crippen LogP contribution in [0.2, 0.25) is 0 Å². The third-order valence-electron chi connectivity index (χ3n) is 5.29. The number of likely N-dealkylation sites (tertiary alicyclic amines) is 1. The lowest BCUT2D eigenvalue weighted by molar-refractivity contribution is -0.125. The molecule has 1 atom stereocenters. The first-order valence-corrected chi connectivity index (χ1v) is 10.5. The van der Waals surface area contributed by atoms with E-state index in [2.05, 4.69) is 28.8 Å². The Labute approximate surface area is 199 Å². The van der Waals surface area contributed by atoms with E-state index in [4.69, 9.17) is 15.2 Å². The van der Waals surface area contributed by atoms with Crippen LogP contribution < -0.4 is 20.5 Å². The van der Waals surface area contributed by atoms with Gasteiger partial charge in [0.1, 0.15) is 29.4 Å². The summed E-state index contributed by atoms with van der Waals surface area (Å²) in [5.74, 6) is 4.98. The highest BCUT2D eigenvalue weighted by atomic mass is 19.4. The Hall–Kier alpha value is -4.14. The number of hydrogen-bond donors (Lipinski definition) is 2. The van der Waals surface area contributed by atoms with E-state index < -0.39 is 24.7 Å². The monoisotopic (exact) mass is 491 g/mol. The van der Waals surface area contributed by atoms with Crippen LogP contribution in [0.15, 0.2) is 30.9 Å². The lowest BCUT2D eigenvalue weighted by Gasteiger charge is -2.18. The standard InChI is InChI=1S/C23H24F3N5O4/c1-4-19(32)30-8-7-15(12-30)31-22(28-13-23(24,25)26)20(21(27)33)18(29-31)6-5-14-9-16(34-2)11-17(10-14)35-3/h4,9-11,15,28H,1,7-8,12-13H2,2-3H3,(H2,27,33). The summed E-state index contributed by atoms with van der Waals surface area (Å²) in [5.41, 5.74) is 5.61. The quantitative estimate of drug-likeness (QED) is 0.454. The number of nitrogens with one attached hydrogen (secondary N) is 1. The van der Waals surface area contributed by atoms with Crippen LogP contribution in [0.5, 0.6) is 11.5 Å². The Bertz CT molecular complexity index is 1170. The van der Waals surface area contributed by atoms with Crippen LogP contribution in [-0.4, -0.2) is 66.5 Å². The number of alkyl halides is 3. The predicted octanol–water partition coefficient (Wildman–Crippen LogP) is 2.33. The Morgan fingerprint density at radius 3 is 2.46 bits per heavy atom. The molecule has 2 amide bonds. The first kappa shape index (κ1) is 25.5. The SMILES string of the molecule is C=CC(=O)N1CCC(n2nc(C#Cc3cc(OC)cc(OC)c3)c(C(N)=O)c2NCC(F)(F)F)C1. The van der Waals surface area contributed by atoms with Crippen LogP contribution in [-0.2, 0) is 4.79 Å². The van der Waals surface area contributed by atoms with Crippen molar-refractivity contribution in [2.75, 3.05) is 39.2 Å². The van der Waals surface area contributed by atoms with Crippen molar-refractivity contribution >= 4 is 17.6 Å². The minimum atomic E-state index is -4.56. The number of nitrogens with two attached hydrogens (primary N) is 1. The highest BCUT2D eigenvalue weighted by Gasteiger charge is 2.34. The molecular weight excluding hydrogens is 467 g/mol. The zero-order chi connectivity index (χ0) is 25.8. The minimum Gasteiger partial charge on any atom is -0.497 e. The van der Waals surface area contributed by atoms with Gasteiger partial charge in [-0.1, -0.05) is 12.5 Å². The van der Waals surface area contributed by atoms with Gasteiger partial charge >= 0.3 is 6.18 Å². The minimum absolute atomic E-state index is 0.0996.